The molecule has 8 heteroatoms. The highest BCUT2D eigenvalue weighted by Gasteiger charge is 2.18. The molecular weight excluding hydrogens is 304 g/mol. The largest absolute Gasteiger partial charge is 0.463 e. The summed E-state index contributed by atoms with van der Waals surface area (Å²) in [7, 11) is 0. The van der Waals surface area contributed by atoms with Gasteiger partial charge in [0.05, 0.1) is 25.8 Å². The van der Waals surface area contributed by atoms with Crippen molar-refractivity contribution >= 4 is 17.6 Å². The number of aromatic nitrogens is 2. The SMILES string of the molecule is C#CCn1c(=O)ccn(/C(=C\C(=O)OCC)C(=O)OCC)c1=O. The van der Waals surface area contributed by atoms with Crippen LogP contribution >= 0.6 is 0 Å². The molecule has 0 spiro atoms. The monoisotopic (exact) mass is 320 g/mol. The lowest BCUT2D eigenvalue weighted by Gasteiger charge is -2.11. The molecule has 0 unspecified atom stereocenters. The van der Waals surface area contributed by atoms with Gasteiger partial charge in [-0.3, -0.25) is 9.36 Å². The van der Waals surface area contributed by atoms with Gasteiger partial charge in [0.15, 0.2) is 0 Å². The Balaban J connectivity index is 3.50. The second kappa shape index (κ2) is 8.38. The molecule has 23 heavy (non-hydrogen) atoms. The average molecular weight is 320 g/mol. The third kappa shape index (κ3) is 4.44. The van der Waals surface area contributed by atoms with Gasteiger partial charge in [-0.05, 0) is 13.8 Å². The smallest absolute Gasteiger partial charge is 0.355 e. The number of rotatable bonds is 6. The molecule has 0 saturated heterocycles. The van der Waals surface area contributed by atoms with Crippen molar-refractivity contribution in [2.45, 2.75) is 20.4 Å². The minimum atomic E-state index is -0.909. The summed E-state index contributed by atoms with van der Waals surface area (Å²) in [6.45, 7) is 3.03. The summed E-state index contributed by atoms with van der Waals surface area (Å²) in [4.78, 5) is 47.6. The first-order valence-electron chi connectivity index (χ1n) is 6.78. The fraction of sp³-hybridized carbons (Fsp3) is 0.333. The number of ether oxygens (including phenoxy) is 2. The molecule has 1 rings (SSSR count). The molecule has 0 N–H and O–H groups in total. The Kier molecular flexibility index (Phi) is 6.55. The van der Waals surface area contributed by atoms with Gasteiger partial charge in [0, 0.05) is 12.3 Å². The predicted octanol–water partition coefficient (Wildman–Crippen LogP) is -0.390. The molecular formula is C15H16N2O6. The maximum absolute atomic E-state index is 12.3. The molecule has 0 bridgehead atoms. The highest BCUT2D eigenvalue weighted by Crippen LogP contribution is 2.05. The molecule has 1 heterocycles. The van der Waals surface area contributed by atoms with Crippen molar-refractivity contribution in [3.63, 3.8) is 0 Å². The van der Waals surface area contributed by atoms with Crippen LogP contribution in [0.25, 0.3) is 5.70 Å². The number of terminal acetylenes is 1. The van der Waals surface area contributed by atoms with Gasteiger partial charge >= 0.3 is 17.6 Å². The summed E-state index contributed by atoms with van der Waals surface area (Å²) in [6, 6.07) is 1.05. The summed E-state index contributed by atoms with van der Waals surface area (Å²) in [6.07, 6.45) is 7.01. The van der Waals surface area contributed by atoms with E-state index in [0.29, 0.717) is 0 Å². The Morgan fingerprint density at radius 2 is 1.91 bits per heavy atom. The topological polar surface area (TPSA) is 96.6 Å². The minimum absolute atomic E-state index is 0.0394. The normalized spacial score (nSPS) is 10.7. The predicted molar refractivity (Wildman–Crippen MR) is 81.3 cm³/mol. The van der Waals surface area contributed by atoms with Crippen LogP contribution in [0.5, 0.6) is 0 Å². The van der Waals surface area contributed by atoms with E-state index in [1.165, 1.54) is 0 Å². The van der Waals surface area contributed by atoms with Crippen LogP contribution in [0.4, 0.5) is 0 Å². The molecule has 0 aliphatic carbocycles. The average Bonchev–Trinajstić information content (AvgIpc) is 2.50. The summed E-state index contributed by atoms with van der Waals surface area (Å²) >= 11 is 0. The molecule has 122 valence electrons. The van der Waals surface area contributed by atoms with E-state index in [2.05, 4.69) is 5.92 Å². The fourth-order valence-corrected chi connectivity index (χ4v) is 1.66. The first-order valence-corrected chi connectivity index (χ1v) is 6.78. The standard InChI is InChI=1S/C15H16N2O6/c1-4-8-17-12(18)7-9-16(15(17)21)11(14(20)23-6-3)10-13(19)22-5-2/h1,7,9-10H,5-6,8H2,2-3H3/b11-10-. The zero-order chi connectivity index (χ0) is 17.4. The van der Waals surface area contributed by atoms with E-state index in [1.807, 2.05) is 0 Å². The van der Waals surface area contributed by atoms with Gasteiger partial charge in [-0.25, -0.2) is 19.0 Å². The van der Waals surface area contributed by atoms with Crippen LogP contribution in [0.2, 0.25) is 0 Å². The lowest BCUT2D eigenvalue weighted by atomic mass is 10.3. The number of carbonyl (C=O) groups excluding carboxylic acids is 2. The summed E-state index contributed by atoms with van der Waals surface area (Å²) < 4.78 is 11.1. The van der Waals surface area contributed by atoms with Crippen molar-refractivity contribution in [2.24, 2.45) is 0 Å². The number of esters is 2. The van der Waals surface area contributed by atoms with Gasteiger partial charge in [-0.15, -0.1) is 6.42 Å². The molecule has 0 amide bonds. The molecule has 0 radical (unpaired) electrons. The highest BCUT2D eigenvalue weighted by atomic mass is 16.5. The molecule has 1 aromatic rings. The van der Waals surface area contributed by atoms with Gasteiger partial charge in [-0.2, -0.15) is 0 Å². The van der Waals surface area contributed by atoms with E-state index < -0.39 is 23.2 Å². The Labute approximate surface area is 131 Å². The van der Waals surface area contributed by atoms with Crippen molar-refractivity contribution in [1.82, 2.24) is 9.13 Å². The van der Waals surface area contributed by atoms with E-state index in [0.717, 1.165) is 27.5 Å². The molecule has 0 atom stereocenters. The molecule has 0 aliphatic heterocycles. The van der Waals surface area contributed by atoms with Crippen LogP contribution in [-0.4, -0.2) is 34.3 Å². The van der Waals surface area contributed by atoms with Gasteiger partial charge < -0.3 is 9.47 Å². The zero-order valence-electron chi connectivity index (χ0n) is 12.8. The van der Waals surface area contributed by atoms with Crippen molar-refractivity contribution in [3.8, 4) is 12.3 Å². The third-order valence-corrected chi connectivity index (χ3v) is 2.60. The van der Waals surface area contributed by atoms with Crippen molar-refractivity contribution in [3.05, 3.63) is 39.2 Å². The number of carbonyl (C=O) groups is 2. The van der Waals surface area contributed by atoms with E-state index in [-0.39, 0.29) is 25.5 Å². The molecule has 0 aliphatic rings. The first kappa shape index (κ1) is 18.0. The van der Waals surface area contributed by atoms with Crippen molar-refractivity contribution in [2.75, 3.05) is 13.2 Å². The number of hydrogen-bond donors (Lipinski definition) is 0. The first-order chi connectivity index (χ1) is 11.0. The van der Waals surface area contributed by atoms with Crippen LogP contribution in [0.15, 0.2) is 27.9 Å². The second-order valence-corrected chi connectivity index (χ2v) is 4.10. The Hall–Kier alpha value is -3.08. The maximum atomic E-state index is 12.3. The molecule has 0 aromatic carbocycles. The molecule has 8 nitrogen and oxygen atoms in total. The Morgan fingerprint density at radius 3 is 2.48 bits per heavy atom. The quantitative estimate of drug-likeness (QED) is 0.402. The van der Waals surface area contributed by atoms with E-state index in [1.54, 1.807) is 13.8 Å². The van der Waals surface area contributed by atoms with E-state index in [4.69, 9.17) is 15.9 Å². The summed E-state index contributed by atoms with van der Waals surface area (Å²) in [5, 5.41) is 0. The Morgan fingerprint density at radius 1 is 1.26 bits per heavy atom. The minimum Gasteiger partial charge on any atom is -0.463 e. The van der Waals surface area contributed by atoms with Crippen LogP contribution in [0, 0.1) is 12.3 Å². The third-order valence-electron chi connectivity index (χ3n) is 2.60. The fourth-order valence-electron chi connectivity index (χ4n) is 1.66. The van der Waals surface area contributed by atoms with Crippen LogP contribution in [0.3, 0.4) is 0 Å². The van der Waals surface area contributed by atoms with Crippen LogP contribution < -0.4 is 11.2 Å². The van der Waals surface area contributed by atoms with Gasteiger partial charge in [0.1, 0.15) is 5.70 Å². The number of hydrogen-bond acceptors (Lipinski definition) is 6. The summed E-state index contributed by atoms with van der Waals surface area (Å²) in [5.41, 5.74) is -1.86. The van der Waals surface area contributed by atoms with Gasteiger partial charge in [0.2, 0.25) is 0 Å². The van der Waals surface area contributed by atoms with Crippen molar-refractivity contribution in [1.29, 1.82) is 0 Å². The maximum Gasteiger partial charge on any atom is 0.355 e. The zero-order valence-corrected chi connectivity index (χ0v) is 12.8. The molecule has 0 saturated carbocycles. The second-order valence-electron chi connectivity index (χ2n) is 4.10. The van der Waals surface area contributed by atoms with Crippen LogP contribution in [-0.2, 0) is 25.6 Å². The highest BCUT2D eigenvalue weighted by molar-refractivity contribution is 6.14. The lowest BCUT2D eigenvalue weighted by Crippen LogP contribution is -2.39. The lowest BCUT2D eigenvalue weighted by molar-refractivity contribution is -0.139. The van der Waals surface area contributed by atoms with Gasteiger partial charge in [-0.1, -0.05) is 5.92 Å². The number of nitrogens with zero attached hydrogens (tertiary/aromatic N) is 2. The Bertz CT molecular complexity index is 778. The molecule has 0 fully saturated rings. The molecule has 1 aromatic heterocycles. The van der Waals surface area contributed by atoms with E-state index in [9.17, 15) is 19.2 Å². The summed E-state index contributed by atoms with van der Waals surface area (Å²) in [5.74, 6) is 0.439. The van der Waals surface area contributed by atoms with Crippen LogP contribution in [0.1, 0.15) is 13.8 Å². The van der Waals surface area contributed by atoms with E-state index >= 15 is 0 Å². The van der Waals surface area contributed by atoms with Gasteiger partial charge in [0.25, 0.3) is 5.56 Å². The van der Waals surface area contributed by atoms with Crippen molar-refractivity contribution < 1.29 is 19.1 Å².